The van der Waals surface area contributed by atoms with Crippen LogP contribution in [0.1, 0.15) is 47.2 Å². The molecule has 3 rings (SSSR count). The normalized spacial score (nSPS) is 12.6. The van der Waals surface area contributed by atoms with Crippen molar-refractivity contribution in [2.24, 2.45) is 5.92 Å². The van der Waals surface area contributed by atoms with Crippen LogP contribution in [0.2, 0.25) is 0 Å². The Morgan fingerprint density at radius 2 is 1.84 bits per heavy atom. The number of hydrogen-bond acceptors (Lipinski definition) is 5. The Kier molecular flexibility index (Phi) is 6.28. The lowest BCUT2D eigenvalue weighted by Crippen LogP contribution is -2.32. The molecule has 0 fully saturated rings. The van der Waals surface area contributed by atoms with Crippen molar-refractivity contribution in [2.45, 2.75) is 33.0 Å². The summed E-state index contributed by atoms with van der Waals surface area (Å²) in [6, 6.07) is 9.78. The Bertz CT molecular complexity index is 1160. The van der Waals surface area contributed by atoms with E-state index >= 15 is 0 Å². The standard InChI is InChI=1S/C21H20F3N5O3/c1-12(2)18(14-6-4-7-15(10-14)21(22,23)24)25-20(30)19-13(3)28(27-26-19)16-8-5-9-17(11-16)29(31)32/h4-12,18H,1-3H3,(H,25,30). The van der Waals surface area contributed by atoms with Crippen LogP contribution in [0.25, 0.3) is 5.69 Å². The number of alkyl halides is 3. The van der Waals surface area contributed by atoms with E-state index in [2.05, 4.69) is 15.6 Å². The monoisotopic (exact) mass is 447 g/mol. The van der Waals surface area contributed by atoms with E-state index in [1.165, 1.54) is 35.0 Å². The SMILES string of the molecule is Cc1c(C(=O)NC(c2cccc(C(F)(F)F)c2)C(C)C)nnn1-c1cccc([N+](=O)[O-])c1. The van der Waals surface area contributed by atoms with Crippen molar-refractivity contribution in [3.05, 3.63) is 81.2 Å². The van der Waals surface area contributed by atoms with Gasteiger partial charge in [0.2, 0.25) is 0 Å². The summed E-state index contributed by atoms with van der Waals surface area (Å²) < 4.78 is 40.6. The highest BCUT2D eigenvalue weighted by atomic mass is 19.4. The Labute approximate surface area is 181 Å². The van der Waals surface area contributed by atoms with Crippen LogP contribution in [-0.4, -0.2) is 25.8 Å². The zero-order valence-electron chi connectivity index (χ0n) is 17.4. The molecule has 0 aliphatic rings. The van der Waals surface area contributed by atoms with Gasteiger partial charge in [-0.15, -0.1) is 5.10 Å². The molecule has 3 aromatic rings. The molecule has 0 bridgehead atoms. The third-order valence-corrected chi connectivity index (χ3v) is 4.92. The largest absolute Gasteiger partial charge is 0.416 e. The average molecular weight is 447 g/mol. The van der Waals surface area contributed by atoms with Gasteiger partial charge in [0.25, 0.3) is 11.6 Å². The highest BCUT2D eigenvalue weighted by molar-refractivity contribution is 5.93. The minimum absolute atomic E-state index is 0.0332. The number of benzene rings is 2. The second-order valence-electron chi connectivity index (χ2n) is 7.53. The maximum atomic E-state index is 13.1. The Balaban J connectivity index is 1.89. The van der Waals surface area contributed by atoms with Crippen LogP contribution in [0.15, 0.2) is 48.5 Å². The van der Waals surface area contributed by atoms with Gasteiger partial charge < -0.3 is 5.32 Å². The van der Waals surface area contributed by atoms with Crippen LogP contribution in [0.5, 0.6) is 0 Å². The molecule has 2 aromatic carbocycles. The number of nitro groups is 1. The van der Waals surface area contributed by atoms with E-state index in [0.717, 1.165) is 12.1 Å². The number of hydrogen-bond donors (Lipinski definition) is 1. The molecule has 1 atom stereocenters. The van der Waals surface area contributed by atoms with E-state index < -0.39 is 28.6 Å². The molecule has 168 valence electrons. The van der Waals surface area contributed by atoms with Gasteiger partial charge in [-0.05, 0) is 36.6 Å². The lowest BCUT2D eigenvalue weighted by Gasteiger charge is -2.23. The van der Waals surface area contributed by atoms with Crippen molar-refractivity contribution in [3.8, 4) is 5.69 Å². The van der Waals surface area contributed by atoms with Crippen molar-refractivity contribution < 1.29 is 22.9 Å². The van der Waals surface area contributed by atoms with E-state index in [-0.39, 0.29) is 17.3 Å². The lowest BCUT2D eigenvalue weighted by atomic mass is 9.94. The molecule has 0 spiro atoms. The molecule has 11 heteroatoms. The van der Waals surface area contributed by atoms with Crippen molar-refractivity contribution in [2.75, 3.05) is 0 Å². The van der Waals surface area contributed by atoms with Crippen molar-refractivity contribution >= 4 is 11.6 Å². The zero-order chi connectivity index (χ0) is 23.6. The van der Waals surface area contributed by atoms with Crippen LogP contribution >= 0.6 is 0 Å². The number of amides is 1. The topological polar surface area (TPSA) is 103 Å². The molecule has 32 heavy (non-hydrogen) atoms. The van der Waals surface area contributed by atoms with E-state index in [9.17, 15) is 28.1 Å². The van der Waals surface area contributed by atoms with Gasteiger partial charge in [0.05, 0.1) is 27.9 Å². The van der Waals surface area contributed by atoms with Gasteiger partial charge in [0, 0.05) is 12.1 Å². The number of nitrogens with one attached hydrogen (secondary N) is 1. The first-order valence-electron chi connectivity index (χ1n) is 9.64. The smallest absolute Gasteiger partial charge is 0.344 e. The second-order valence-corrected chi connectivity index (χ2v) is 7.53. The predicted molar refractivity (Wildman–Crippen MR) is 109 cm³/mol. The van der Waals surface area contributed by atoms with E-state index in [0.29, 0.717) is 16.9 Å². The summed E-state index contributed by atoms with van der Waals surface area (Å²) in [4.78, 5) is 23.4. The molecule has 1 amide bonds. The molecule has 0 saturated carbocycles. The number of carbonyl (C=O) groups excluding carboxylic acids is 1. The molecule has 1 N–H and O–H groups in total. The van der Waals surface area contributed by atoms with E-state index in [4.69, 9.17) is 0 Å². The summed E-state index contributed by atoms with van der Waals surface area (Å²) >= 11 is 0. The Hall–Kier alpha value is -3.76. The molecule has 1 unspecified atom stereocenters. The number of nitrogens with zero attached hydrogens (tertiary/aromatic N) is 4. The molecule has 1 heterocycles. The number of carbonyl (C=O) groups is 1. The fourth-order valence-corrected chi connectivity index (χ4v) is 3.28. The third kappa shape index (κ3) is 4.76. The minimum Gasteiger partial charge on any atom is -0.344 e. The van der Waals surface area contributed by atoms with Gasteiger partial charge in [0.1, 0.15) is 0 Å². The molecular weight excluding hydrogens is 427 g/mol. The maximum absolute atomic E-state index is 13.1. The van der Waals surface area contributed by atoms with Gasteiger partial charge in [-0.1, -0.05) is 37.3 Å². The van der Waals surface area contributed by atoms with Crippen LogP contribution in [0.4, 0.5) is 18.9 Å². The molecular formula is C21H20F3N5O3. The Morgan fingerprint density at radius 3 is 2.47 bits per heavy atom. The first-order chi connectivity index (χ1) is 15.0. The predicted octanol–water partition coefficient (Wildman–Crippen LogP) is 4.63. The summed E-state index contributed by atoms with van der Waals surface area (Å²) in [6.07, 6.45) is -4.50. The van der Waals surface area contributed by atoms with Crippen molar-refractivity contribution in [1.29, 1.82) is 0 Å². The molecule has 0 aliphatic carbocycles. The first kappa shape index (κ1) is 22.9. The van der Waals surface area contributed by atoms with Crippen molar-refractivity contribution in [3.63, 3.8) is 0 Å². The van der Waals surface area contributed by atoms with Crippen LogP contribution in [-0.2, 0) is 6.18 Å². The van der Waals surface area contributed by atoms with E-state index in [1.54, 1.807) is 26.8 Å². The van der Waals surface area contributed by atoms with Gasteiger partial charge >= 0.3 is 6.18 Å². The average Bonchev–Trinajstić information content (AvgIpc) is 3.12. The molecule has 0 radical (unpaired) electrons. The Morgan fingerprint density at radius 1 is 1.16 bits per heavy atom. The molecule has 1 aromatic heterocycles. The zero-order valence-corrected chi connectivity index (χ0v) is 17.4. The fraction of sp³-hybridized carbons (Fsp3) is 0.286. The summed E-state index contributed by atoms with van der Waals surface area (Å²) in [5.74, 6) is -0.829. The highest BCUT2D eigenvalue weighted by Crippen LogP contribution is 2.32. The first-order valence-corrected chi connectivity index (χ1v) is 9.64. The summed E-state index contributed by atoms with van der Waals surface area (Å²) in [7, 11) is 0. The molecule has 0 aliphatic heterocycles. The highest BCUT2D eigenvalue weighted by Gasteiger charge is 2.32. The number of halogens is 3. The number of non-ortho nitro benzene ring substituents is 1. The van der Waals surface area contributed by atoms with Gasteiger partial charge in [-0.3, -0.25) is 14.9 Å². The fourth-order valence-electron chi connectivity index (χ4n) is 3.28. The second kappa shape index (κ2) is 8.77. The van der Waals surface area contributed by atoms with Crippen LogP contribution < -0.4 is 5.32 Å². The maximum Gasteiger partial charge on any atom is 0.416 e. The number of aromatic nitrogens is 3. The van der Waals surface area contributed by atoms with E-state index in [1.807, 2.05) is 0 Å². The molecule has 8 nitrogen and oxygen atoms in total. The third-order valence-electron chi connectivity index (χ3n) is 4.92. The van der Waals surface area contributed by atoms with Gasteiger partial charge in [-0.25, -0.2) is 4.68 Å². The lowest BCUT2D eigenvalue weighted by molar-refractivity contribution is -0.384. The van der Waals surface area contributed by atoms with Crippen LogP contribution in [0.3, 0.4) is 0 Å². The number of nitro benzene ring substituents is 1. The van der Waals surface area contributed by atoms with Crippen molar-refractivity contribution in [1.82, 2.24) is 20.3 Å². The van der Waals surface area contributed by atoms with Crippen LogP contribution in [0, 0.1) is 23.0 Å². The summed E-state index contributed by atoms with van der Waals surface area (Å²) in [5, 5.41) is 21.5. The molecule has 0 saturated heterocycles. The summed E-state index contributed by atoms with van der Waals surface area (Å²) in [6.45, 7) is 5.12. The quantitative estimate of drug-likeness (QED) is 0.438. The summed E-state index contributed by atoms with van der Waals surface area (Å²) in [5.41, 5.74) is 0.00707. The minimum atomic E-state index is -4.50. The van der Waals surface area contributed by atoms with Gasteiger partial charge in [0.15, 0.2) is 5.69 Å². The number of rotatable bonds is 6. The van der Waals surface area contributed by atoms with Gasteiger partial charge in [-0.2, -0.15) is 13.2 Å².